The van der Waals surface area contributed by atoms with Gasteiger partial charge in [-0.3, -0.25) is 0 Å². The number of rotatable bonds is 0. The molecule has 0 nitrogen and oxygen atoms in total. The summed E-state index contributed by atoms with van der Waals surface area (Å²) in [6.07, 6.45) is 15.0. The molecular weight excluding hydrogens is 311 g/mol. The van der Waals surface area contributed by atoms with E-state index in [1.807, 2.05) is 0 Å². The normalized spacial score (nSPS) is 17.2. The van der Waals surface area contributed by atoms with Gasteiger partial charge in [0, 0.05) is 0 Å². The van der Waals surface area contributed by atoms with Gasteiger partial charge in [0.15, 0.2) is 0 Å². The van der Waals surface area contributed by atoms with Gasteiger partial charge in [-0.2, -0.15) is 0 Å². The van der Waals surface area contributed by atoms with Gasteiger partial charge in [0.05, 0.1) is 0 Å². The van der Waals surface area contributed by atoms with Crippen LogP contribution in [-0.2, 0) is 16.5 Å². The molecule has 0 radical (unpaired) electrons. The van der Waals surface area contributed by atoms with Gasteiger partial charge in [-0.15, -0.1) is 0 Å². The van der Waals surface area contributed by atoms with Crippen LogP contribution in [-0.4, -0.2) is 0 Å². The fraction of sp³-hybridized carbons (Fsp3) is 0.833. The van der Waals surface area contributed by atoms with E-state index in [4.69, 9.17) is 18.8 Å². The molecule has 2 rings (SSSR count). The average Bonchev–Trinajstić information content (AvgIpc) is 2.85. The van der Waals surface area contributed by atoms with Crippen LogP contribution in [0.2, 0.25) is 0 Å². The Hall–Kier alpha value is 1.27. The first-order valence-electron chi connectivity index (χ1n) is 5.31. The summed E-state index contributed by atoms with van der Waals surface area (Å²) in [7, 11) is 9.79. The predicted molar refractivity (Wildman–Crippen MR) is 70.7 cm³/mol. The molecule has 0 aliphatic heterocycles. The Balaban J connectivity index is -0.000000140. The van der Waals surface area contributed by atoms with E-state index in [1.165, 1.54) is 64.2 Å². The standard InChI is InChI=1S/2C5H10.2CH3.2ClH.Mo/c2*1-2-4-5-3-1;;;;;/h2*1-5H2;2*1H3;2*1H;/q;;2*-1;;;+2/p-2. The van der Waals surface area contributed by atoms with Gasteiger partial charge >= 0.3 is 35.3 Å². The molecule has 2 fully saturated rings. The van der Waals surface area contributed by atoms with Crippen molar-refractivity contribution in [1.29, 1.82) is 0 Å². The van der Waals surface area contributed by atoms with Gasteiger partial charge in [0.25, 0.3) is 0 Å². The van der Waals surface area contributed by atoms with Crippen molar-refractivity contribution in [3.05, 3.63) is 14.9 Å². The third-order valence-electron chi connectivity index (χ3n) is 2.50. The second-order valence-electron chi connectivity index (χ2n) is 3.59. The molecule has 0 amide bonds. The molecule has 0 heterocycles. The second-order valence-corrected chi connectivity index (χ2v) is 6.64. The van der Waals surface area contributed by atoms with Crippen LogP contribution >= 0.6 is 18.8 Å². The van der Waals surface area contributed by atoms with Crippen molar-refractivity contribution in [3.8, 4) is 0 Å². The van der Waals surface area contributed by atoms with Gasteiger partial charge in [-0.05, 0) is 0 Å². The van der Waals surface area contributed by atoms with Gasteiger partial charge in [-0.1, -0.05) is 64.2 Å². The molecule has 0 N–H and O–H groups in total. The van der Waals surface area contributed by atoms with Crippen LogP contribution in [0.1, 0.15) is 64.2 Å². The molecule has 0 aromatic carbocycles. The van der Waals surface area contributed by atoms with Crippen LogP contribution in [0.4, 0.5) is 0 Å². The minimum atomic E-state index is -0.586. The summed E-state index contributed by atoms with van der Waals surface area (Å²) in [5.74, 6) is 0. The molecule has 0 bridgehead atoms. The topological polar surface area (TPSA) is 0 Å². The molecule has 0 aromatic rings. The van der Waals surface area contributed by atoms with Crippen LogP contribution in [0, 0.1) is 14.9 Å². The Morgan fingerprint density at radius 2 is 0.533 bits per heavy atom. The van der Waals surface area contributed by atoms with E-state index >= 15 is 0 Å². The monoisotopic (exact) mass is 338 g/mol. The molecule has 0 saturated heterocycles. The van der Waals surface area contributed by atoms with Crippen LogP contribution in [0.25, 0.3) is 0 Å². The number of hydrogen-bond donors (Lipinski definition) is 0. The summed E-state index contributed by atoms with van der Waals surface area (Å²) in [4.78, 5) is 0. The van der Waals surface area contributed by atoms with Crippen LogP contribution < -0.4 is 0 Å². The third-order valence-corrected chi connectivity index (χ3v) is 2.50. The summed E-state index contributed by atoms with van der Waals surface area (Å²) < 4.78 is 0. The molecule has 2 aliphatic carbocycles. The first kappa shape index (κ1) is 21.5. The van der Waals surface area contributed by atoms with E-state index in [2.05, 4.69) is 0 Å². The Bertz CT molecular complexity index is 56.5. The van der Waals surface area contributed by atoms with Crippen molar-refractivity contribution >= 4 is 18.8 Å². The summed E-state index contributed by atoms with van der Waals surface area (Å²) in [5, 5.41) is 0. The van der Waals surface area contributed by atoms with Gasteiger partial charge in [0.1, 0.15) is 0 Å². The van der Waals surface area contributed by atoms with E-state index in [-0.39, 0.29) is 14.9 Å². The Morgan fingerprint density at radius 3 is 0.600 bits per heavy atom. The summed E-state index contributed by atoms with van der Waals surface area (Å²) >= 11 is -0.586. The van der Waals surface area contributed by atoms with Crippen molar-refractivity contribution in [3.63, 3.8) is 0 Å². The average molecular weight is 337 g/mol. The molecule has 0 aromatic heterocycles. The number of halogens is 2. The second kappa shape index (κ2) is 20.7. The maximum atomic E-state index is 4.89. The quantitative estimate of drug-likeness (QED) is 0.366. The number of hydrogen-bond acceptors (Lipinski definition) is 0. The van der Waals surface area contributed by atoms with E-state index in [0.29, 0.717) is 0 Å². The van der Waals surface area contributed by atoms with Crippen molar-refractivity contribution in [1.82, 2.24) is 0 Å². The van der Waals surface area contributed by atoms with Crippen molar-refractivity contribution in [2.24, 2.45) is 0 Å². The fourth-order valence-electron chi connectivity index (χ4n) is 1.77. The van der Waals surface area contributed by atoms with Crippen molar-refractivity contribution < 1.29 is 16.5 Å². The van der Waals surface area contributed by atoms with Gasteiger partial charge in [0.2, 0.25) is 0 Å². The predicted octanol–water partition coefficient (Wildman–Crippen LogP) is 6.18. The van der Waals surface area contributed by atoms with E-state index in [1.54, 1.807) is 0 Å². The third kappa shape index (κ3) is 21.2. The molecule has 3 heteroatoms. The molecule has 2 aliphatic rings. The molecule has 0 atom stereocenters. The first-order valence-corrected chi connectivity index (χ1v) is 10.5. The molecule has 15 heavy (non-hydrogen) atoms. The molecule has 2 saturated carbocycles. The fourth-order valence-corrected chi connectivity index (χ4v) is 1.77. The zero-order valence-corrected chi connectivity index (χ0v) is 13.8. The molecule has 96 valence electrons. The van der Waals surface area contributed by atoms with E-state index in [0.717, 1.165) is 0 Å². The van der Waals surface area contributed by atoms with E-state index in [9.17, 15) is 0 Å². The van der Waals surface area contributed by atoms with Crippen molar-refractivity contribution in [2.45, 2.75) is 64.2 Å². The summed E-state index contributed by atoms with van der Waals surface area (Å²) in [6, 6.07) is 0. The Morgan fingerprint density at radius 1 is 0.467 bits per heavy atom. The molecule has 0 spiro atoms. The molecular formula is C12H26Cl2Mo-2. The minimum absolute atomic E-state index is 0. The maximum absolute atomic E-state index is 4.89. The summed E-state index contributed by atoms with van der Waals surface area (Å²) in [5.41, 5.74) is 0. The Labute approximate surface area is 114 Å². The van der Waals surface area contributed by atoms with Crippen molar-refractivity contribution in [2.75, 3.05) is 0 Å². The van der Waals surface area contributed by atoms with Crippen LogP contribution in [0.15, 0.2) is 0 Å². The first-order chi connectivity index (χ1) is 6.41. The van der Waals surface area contributed by atoms with Crippen LogP contribution in [0.3, 0.4) is 0 Å². The van der Waals surface area contributed by atoms with Crippen LogP contribution in [0.5, 0.6) is 0 Å². The Kier molecular flexibility index (Phi) is 29.7. The molecule has 0 unspecified atom stereocenters. The van der Waals surface area contributed by atoms with Gasteiger partial charge < -0.3 is 14.9 Å². The zero-order chi connectivity index (χ0) is 9.78. The summed E-state index contributed by atoms with van der Waals surface area (Å²) in [6.45, 7) is 0. The van der Waals surface area contributed by atoms with Gasteiger partial charge in [-0.25, -0.2) is 0 Å². The van der Waals surface area contributed by atoms with E-state index < -0.39 is 16.5 Å². The zero-order valence-electron chi connectivity index (χ0n) is 10.2. The SMILES string of the molecule is C1CCCC1.C1CCCC1.[CH3-].[CH3-].[Cl][Mo][Cl].